The molecule has 4 aromatic rings. The summed E-state index contributed by atoms with van der Waals surface area (Å²) in [6, 6.07) is 14.3. The molecule has 0 saturated carbocycles. The van der Waals surface area contributed by atoms with Crippen molar-refractivity contribution in [3.8, 4) is 11.3 Å². The zero-order valence-electron chi connectivity index (χ0n) is 12.8. The van der Waals surface area contributed by atoms with Crippen LogP contribution in [-0.2, 0) is 0 Å². The van der Waals surface area contributed by atoms with E-state index < -0.39 is 4.92 Å². The number of anilines is 1. The second-order valence-electron chi connectivity index (χ2n) is 5.31. The fraction of sp³-hybridized carbons (Fsp3) is 0.0588. The number of hydrogen-bond acceptors (Lipinski definition) is 5. The Morgan fingerprint density at radius 1 is 1.12 bits per heavy atom. The summed E-state index contributed by atoms with van der Waals surface area (Å²) in [5.41, 5.74) is 4.26. The van der Waals surface area contributed by atoms with E-state index in [1.54, 1.807) is 25.4 Å². The standard InChI is InChI=1S/C17H13N5O2/c1-18-16-17-19-10-15(11-6-8-12(9-7-11)22(23)24)21(17)14-5-3-2-4-13(14)20-16/h2-10H,1H3,(H,18,20). The van der Waals surface area contributed by atoms with Crippen molar-refractivity contribution in [2.45, 2.75) is 0 Å². The Morgan fingerprint density at radius 3 is 2.58 bits per heavy atom. The quantitative estimate of drug-likeness (QED) is 0.461. The third-order valence-corrected chi connectivity index (χ3v) is 3.94. The molecule has 0 bridgehead atoms. The maximum Gasteiger partial charge on any atom is 0.269 e. The van der Waals surface area contributed by atoms with E-state index in [0.717, 1.165) is 22.3 Å². The van der Waals surface area contributed by atoms with E-state index in [2.05, 4.69) is 15.3 Å². The maximum absolute atomic E-state index is 10.8. The van der Waals surface area contributed by atoms with Gasteiger partial charge in [-0.15, -0.1) is 0 Å². The predicted octanol–water partition coefficient (Wildman–Crippen LogP) is 3.50. The third-order valence-electron chi connectivity index (χ3n) is 3.94. The molecule has 0 unspecified atom stereocenters. The summed E-state index contributed by atoms with van der Waals surface area (Å²) in [4.78, 5) is 19.5. The maximum atomic E-state index is 10.8. The van der Waals surface area contributed by atoms with Crippen molar-refractivity contribution in [3.63, 3.8) is 0 Å². The molecular weight excluding hydrogens is 306 g/mol. The van der Waals surface area contributed by atoms with Gasteiger partial charge in [0.05, 0.1) is 27.8 Å². The van der Waals surface area contributed by atoms with Crippen LogP contribution in [0.1, 0.15) is 0 Å². The highest BCUT2D eigenvalue weighted by molar-refractivity contribution is 5.86. The number of para-hydroxylation sites is 2. The minimum atomic E-state index is -0.406. The number of aromatic nitrogens is 3. The molecule has 0 spiro atoms. The Morgan fingerprint density at radius 2 is 1.88 bits per heavy atom. The molecule has 0 aliphatic carbocycles. The molecule has 118 valence electrons. The molecule has 2 heterocycles. The zero-order chi connectivity index (χ0) is 16.7. The molecule has 0 aliphatic heterocycles. The number of fused-ring (bicyclic) bond motifs is 3. The van der Waals surface area contributed by atoms with E-state index in [1.807, 2.05) is 28.7 Å². The third kappa shape index (κ3) is 2.06. The molecule has 0 atom stereocenters. The van der Waals surface area contributed by atoms with E-state index in [1.165, 1.54) is 12.1 Å². The van der Waals surface area contributed by atoms with E-state index in [9.17, 15) is 10.1 Å². The van der Waals surface area contributed by atoms with Crippen molar-refractivity contribution in [1.29, 1.82) is 0 Å². The molecule has 2 aromatic carbocycles. The largest absolute Gasteiger partial charge is 0.370 e. The van der Waals surface area contributed by atoms with Crippen LogP contribution in [-0.4, -0.2) is 26.3 Å². The summed E-state index contributed by atoms with van der Waals surface area (Å²) in [6.45, 7) is 0. The SMILES string of the molecule is CNc1nc2ccccc2n2c(-c3ccc([N+](=O)[O-])cc3)cnc12. The fourth-order valence-corrected chi connectivity index (χ4v) is 2.81. The molecule has 7 nitrogen and oxygen atoms in total. The van der Waals surface area contributed by atoms with Crippen molar-refractivity contribution in [2.75, 3.05) is 12.4 Å². The van der Waals surface area contributed by atoms with Crippen molar-refractivity contribution in [1.82, 2.24) is 14.4 Å². The van der Waals surface area contributed by atoms with Crippen LogP contribution < -0.4 is 5.32 Å². The number of benzene rings is 2. The number of nitro groups is 1. The monoisotopic (exact) mass is 319 g/mol. The molecule has 0 fully saturated rings. The second kappa shape index (κ2) is 5.31. The molecule has 2 aromatic heterocycles. The molecule has 0 amide bonds. The molecule has 7 heteroatoms. The van der Waals surface area contributed by atoms with Crippen molar-refractivity contribution >= 4 is 28.2 Å². The number of rotatable bonds is 3. The summed E-state index contributed by atoms with van der Waals surface area (Å²) in [5.74, 6) is 0.682. The summed E-state index contributed by atoms with van der Waals surface area (Å²) in [7, 11) is 1.80. The lowest BCUT2D eigenvalue weighted by Crippen LogP contribution is -2.00. The smallest absolute Gasteiger partial charge is 0.269 e. The lowest BCUT2D eigenvalue weighted by atomic mass is 10.1. The lowest BCUT2D eigenvalue weighted by molar-refractivity contribution is -0.384. The van der Waals surface area contributed by atoms with Gasteiger partial charge in [-0.05, 0) is 24.3 Å². The van der Waals surface area contributed by atoms with Crippen molar-refractivity contribution in [2.24, 2.45) is 0 Å². The van der Waals surface area contributed by atoms with Gasteiger partial charge in [0.2, 0.25) is 0 Å². The van der Waals surface area contributed by atoms with Crippen LogP contribution in [0.15, 0.2) is 54.7 Å². The topological polar surface area (TPSA) is 85.4 Å². The first-order valence-corrected chi connectivity index (χ1v) is 7.38. The predicted molar refractivity (Wildman–Crippen MR) is 92.1 cm³/mol. The van der Waals surface area contributed by atoms with Gasteiger partial charge in [0.25, 0.3) is 5.69 Å². The highest BCUT2D eigenvalue weighted by Gasteiger charge is 2.14. The zero-order valence-corrected chi connectivity index (χ0v) is 12.8. The summed E-state index contributed by atoms with van der Waals surface area (Å²) >= 11 is 0. The Hall–Kier alpha value is -3.48. The first-order chi connectivity index (χ1) is 11.7. The Balaban J connectivity index is 2.02. The minimum Gasteiger partial charge on any atom is -0.370 e. The lowest BCUT2D eigenvalue weighted by Gasteiger charge is -2.09. The van der Waals surface area contributed by atoms with Gasteiger partial charge in [0.1, 0.15) is 0 Å². The van der Waals surface area contributed by atoms with E-state index in [4.69, 9.17) is 0 Å². The minimum absolute atomic E-state index is 0.0648. The van der Waals surface area contributed by atoms with Gasteiger partial charge in [-0.2, -0.15) is 0 Å². The first kappa shape index (κ1) is 14.1. The van der Waals surface area contributed by atoms with Gasteiger partial charge in [-0.1, -0.05) is 12.1 Å². The van der Waals surface area contributed by atoms with Crippen LogP contribution in [0.5, 0.6) is 0 Å². The van der Waals surface area contributed by atoms with Gasteiger partial charge < -0.3 is 5.32 Å². The fourth-order valence-electron chi connectivity index (χ4n) is 2.81. The van der Waals surface area contributed by atoms with Gasteiger partial charge in [-0.3, -0.25) is 14.5 Å². The Kier molecular flexibility index (Phi) is 3.13. The number of hydrogen-bond donors (Lipinski definition) is 1. The van der Waals surface area contributed by atoms with Gasteiger partial charge in [0.15, 0.2) is 11.5 Å². The van der Waals surface area contributed by atoms with E-state index in [-0.39, 0.29) is 5.69 Å². The summed E-state index contributed by atoms with van der Waals surface area (Å²) < 4.78 is 2.01. The van der Waals surface area contributed by atoms with Crippen molar-refractivity contribution in [3.05, 3.63) is 64.8 Å². The molecule has 0 saturated heterocycles. The second-order valence-corrected chi connectivity index (χ2v) is 5.31. The van der Waals surface area contributed by atoms with Crippen molar-refractivity contribution < 1.29 is 4.92 Å². The van der Waals surface area contributed by atoms with Gasteiger partial charge in [-0.25, -0.2) is 9.97 Å². The van der Waals surface area contributed by atoms with Crippen LogP contribution in [0.4, 0.5) is 11.5 Å². The molecule has 4 rings (SSSR count). The molecule has 1 N–H and O–H groups in total. The van der Waals surface area contributed by atoms with Crippen LogP contribution in [0.3, 0.4) is 0 Å². The highest BCUT2D eigenvalue weighted by atomic mass is 16.6. The number of nitro benzene ring substituents is 1. The molecule has 0 aliphatic rings. The summed E-state index contributed by atoms with van der Waals surface area (Å²) in [5, 5.41) is 13.9. The number of nitrogens with one attached hydrogen (secondary N) is 1. The van der Waals surface area contributed by atoms with Crippen LogP contribution in [0.25, 0.3) is 27.9 Å². The molecule has 24 heavy (non-hydrogen) atoms. The summed E-state index contributed by atoms with van der Waals surface area (Å²) in [6.07, 6.45) is 1.76. The first-order valence-electron chi connectivity index (χ1n) is 7.38. The molecular formula is C17H13N5O2. The normalized spacial score (nSPS) is 11.0. The van der Waals surface area contributed by atoms with Crippen LogP contribution in [0, 0.1) is 10.1 Å². The average molecular weight is 319 g/mol. The number of non-ortho nitro benzene ring substituents is 1. The number of nitrogens with zero attached hydrogens (tertiary/aromatic N) is 4. The molecule has 0 radical (unpaired) electrons. The Bertz CT molecular complexity index is 1070. The highest BCUT2D eigenvalue weighted by Crippen LogP contribution is 2.29. The van der Waals surface area contributed by atoms with E-state index in [0.29, 0.717) is 11.5 Å². The van der Waals surface area contributed by atoms with Gasteiger partial charge >= 0.3 is 0 Å². The van der Waals surface area contributed by atoms with Gasteiger partial charge in [0, 0.05) is 24.7 Å². The average Bonchev–Trinajstić information content (AvgIpc) is 3.06. The number of imidazole rings is 1. The van der Waals surface area contributed by atoms with Crippen LogP contribution in [0.2, 0.25) is 0 Å². The Labute approximate surface area is 136 Å². The van der Waals surface area contributed by atoms with E-state index >= 15 is 0 Å². The van der Waals surface area contributed by atoms with Crippen LogP contribution >= 0.6 is 0 Å².